The van der Waals surface area contributed by atoms with Crippen LogP contribution in [0.15, 0.2) is 64.4 Å². The van der Waals surface area contributed by atoms with Gasteiger partial charge in [-0.1, -0.05) is 19.9 Å². The fraction of sp³-hybridized carbons (Fsp3) is 0.444. The van der Waals surface area contributed by atoms with Gasteiger partial charge in [0.05, 0.1) is 41.2 Å². The number of nitrogens with zero attached hydrogens (tertiary/aromatic N) is 3. The maximum absolute atomic E-state index is 14.1. The SMILES string of the molecule is CCC1(C)CC(=O)NC2=C1C(=O)C(NC(=O)C(C)Oc1cccc(NS(=O)(=O)N(C)C)c1)=CC2=Nc1ccc2c(c1C)CCN2CCC(O)CO. The molecule has 5 rings (SSSR count). The van der Waals surface area contributed by atoms with Gasteiger partial charge in [-0.15, -0.1) is 0 Å². The number of Topliss-reactive ketones (excluding diaryl/α,β-unsaturated/α-hetero) is 1. The summed E-state index contributed by atoms with van der Waals surface area (Å²) in [6.45, 7) is 8.30. The van der Waals surface area contributed by atoms with E-state index in [-0.39, 0.29) is 36.1 Å². The Morgan fingerprint density at radius 2 is 1.96 bits per heavy atom. The number of allylic oxidation sites excluding steroid dienone is 2. The molecular formula is C36H46N6O8S. The van der Waals surface area contributed by atoms with E-state index in [2.05, 4.69) is 20.3 Å². The maximum atomic E-state index is 14.1. The predicted octanol–water partition coefficient (Wildman–Crippen LogP) is 2.63. The van der Waals surface area contributed by atoms with Crippen LogP contribution in [-0.4, -0.2) is 92.2 Å². The van der Waals surface area contributed by atoms with Crippen molar-refractivity contribution in [3.63, 3.8) is 0 Å². The molecule has 274 valence electrons. The standard InChI is InChI=1S/C36H46N6O8S/c1-7-36(4)19-31(45)39-33-28(37-27-11-12-30-26(21(27)2)14-16-42(30)15-13-24(44)20-43)18-29(34(46)32(33)36)38-35(47)22(3)50-25-10-8-9-23(17-25)40-51(48,49)41(5)6/h8-12,17-18,22,24,40,43-44H,7,13-16,19-20H2,1-6H3,(H,38,47)(H,39,45). The van der Waals surface area contributed by atoms with E-state index in [4.69, 9.17) is 9.73 Å². The average Bonchev–Trinajstić information content (AvgIpc) is 3.50. The van der Waals surface area contributed by atoms with Crippen molar-refractivity contribution in [2.45, 2.75) is 65.6 Å². The fourth-order valence-electron chi connectivity index (χ4n) is 6.42. The van der Waals surface area contributed by atoms with Crippen LogP contribution in [-0.2, 0) is 31.0 Å². The first-order chi connectivity index (χ1) is 24.1. The van der Waals surface area contributed by atoms with Crippen LogP contribution < -0.4 is 25.0 Å². The molecule has 2 amide bonds. The molecule has 0 saturated heterocycles. The number of hydrogen-bond donors (Lipinski definition) is 5. The van der Waals surface area contributed by atoms with Crippen LogP contribution >= 0.6 is 0 Å². The number of aliphatic imine (C=N–C) groups is 1. The largest absolute Gasteiger partial charge is 0.481 e. The van der Waals surface area contributed by atoms with E-state index in [1.165, 1.54) is 33.2 Å². The number of hydrogen-bond acceptors (Lipinski definition) is 10. The van der Waals surface area contributed by atoms with Crippen molar-refractivity contribution in [1.82, 2.24) is 14.9 Å². The van der Waals surface area contributed by atoms with Crippen molar-refractivity contribution in [3.05, 3.63) is 70.6 Å². The molecule has 14 nitrogen and oxygen atoms in total. The minimum Gasteiger partial charge on any atom is -0.481 e. The Hall–Kier alpha value is -4.57. The molecule has 2 aliphatic heterocycles. The Kier molecular flexibility index (Phi) is 11.1. The van der Waals surface area contributed by atoms with Crippen LogP contribution in [0, 0.1) is 12.3 Å². The van der Waals surface area contributed by atoms with Crippen molar-refractivity contribution in [2.24, 2.45) is 10.4 Å². The van der Waals surface area contributed by atoms with Crippen molar-refractivity contribution in [2.75, 3.05) is 43.4 Å². The number of carbonyl (C=O) groups excluding carboxylic acids is 3. The summed E-state index contributed by atoms with van der Waals surface area (Å²) in [6.07, 6.45) is 1.40. The summed E-state index contributed by atoms with van der Waals surface area (Å²) in [7, 11) is -0.972. The molecule has 0 aromatic heterocycles. The van der Waals surface area contributed by atoms with E-state index < -0.39 is 39.5 Å². The zero-order chi connectivity index (χ0) is 37.2. The number of aliphatic hydroxyl groups is 2. The maximum Gasteiger partial charge on any atom is 0.301 e. The Balaban J connectivity index is 1.44. The van der Waals surface area contributed by atoms with E-state index in [0.29, 0.717) is 42.1 Å². The van der Waals surface area contributed by atoms with Gasteiger partial charge in [0.25, 0.3) is 5.91 Å². The normalized spacial score (nSPS) is 20.8. The topological polar surface area (TPSA) is 190 Å². The van der Waals surface area contributed by atoms with Crippen molar-refractivity contribution in [3.8, 4) is 5.75 Å². The van der Waals surface area contributed by atoms with Gasteiger partial charge in [0.1, 0.15) is 5.75 Å². The number of aliphatic hydroxyl groups excluding tert-OH is 2. The predicted molar refractivity (Wildman–Crippen MR) is 194 cm³/mol. The molecular weight excluding hydrogens is 676 g/mol. The molecule has 0 radical (unpaired) electrons. The smallest absolute Gasteiger partial charge is 0.301 e. The first kappa shape index (κ1) is 37.7. The summed E-state index contributed by atoms with van der Waals surface area (Å²) in [4.78, 5) is 47.6. The zero-order valence-electron chi connectivity index (χ0n) is 29.7. The molecule has 2 heterocycles. The number of anilines is 2. The molecule has 0 spiro atoms. The molecule has 0 fully saturated rings. The Labute approximate surface area is 298 Å². The molecule has 2 aromatic rings. The second-order valence-electron chi connectivity index (χ2n) is 13.5. The summed E-state index contributed by atoms with van der Waals surface area (Å²) >= 11 is 0. The monoisotopic (exact) mass is 722 g/mol. The Bertz CT molecular complexity index is 1940. The first-order valence-electron chi connectivity index (χ1n) is 16.9. The van der Waals surface area contributed by atoms with E-state index in [1.807, 2.05) is 32.9 Å². The highest BCUT2D eigenvalue weighted by Crippen LogP contribution is 2.43. The van der Waals surface area contributed by atoms with E-state index in [9.17, 15) is 33.0 Å². The highest BCUT2D eigenvalue weighted by Gasteiger charge is 2.45. The van der Waals surface area contributed by atoms with Gasteiger partial charge in [-0.2, -0.15) is 12.7 Å². The highest BCUT2D eigenvalue weighted by atomic mass is 32.2. The number of rotatable bonds is 13. The third kappa shape index (κ3) is 8.01. The van der Waals surface area contributed by atoms with Crippen LogP contribution in [0.25, 0.3) is 0 Å². The second-order valence-corrected chi connectivity index (χ2v) is 15.4. The summed E-state index contributed by atoms with van der Waals surface area (Å²) in [5, 5.41) is 24.7. The number of fused-ring (bicyclic) bond motifs is 1. The first-order valence-corrected chi connectivity index (χ1v) is 18.3. The molecule has 15 heteroatoms. The van der Waals surface area contributed by atoms with Gasteiger partial charge in [0.15, 0.2) is 6.10 Å². The van der Waals surface area contributed by atoms with Crippen LogP contribution in [0.3, 0.4) is 0 Å². The lowest BCUT2D eigenvalue weighted by Gasteiger charge is -2.38. The van der Waals surface area contributed by atoms with Crippen molar-refractivity contribution >= 4 is 50.6 Å². The number of benzene rings is 2. The van der Waals surface area contributed by atoms with Gasteiger partial charge < -0.3 is 30.5 Å². The lowest BCUT2D eigenvalue weighted by atomic mass is 9.69. The molecule has 2 aromatic carbocycles. The fourth-order valence-corrected chi connectivity index (χ4v) is 7.02. The third-order valence-corrected chi connectivity index (χ3v) is 11.1. The molecule has 5 N–H and O–H groups in total. The van der Waals surface area contributed by atoms with Gasteiger partial charge >= 0.3 is 10.2 Å². The minimum atomic E-state index is -3.76. The van der Waals surface area contributed by atoms with E-state index >= 15 is 0 Å². The van der Waals surface area contributed by atoms with Crippen molar-refractivity contribution in [1.29, 1.82) is 0 Å². The average molecular weight is 723 g/mol. The van der Waals surface area contributed by atoms with Gasteiger partial charge in [0.2, 0.25) is 11.7 Å². The van der Waals surface area contributed by atoms with Crippen LogP contribution in [0.4, 0.5) is 17.1 Å². The summed E-state index contributed by atoms with van der Waals surface area (Å²) in [5.41, 5.74) is 4.14. The zero-order valence-corrected chi connectivity index (χ0v) is 30.6. The minimum absolute atomic E-state index is 0.0105. The molecule has 0 bridgehead atoms. The van der Waals surface area contributed by atoms with E-state index in [0.717, 1.165) is 34.1 Å². The van der Waals surface area contributed by atoms with Gasteiger partial charge in [-0.25, -0.2) is 4.99 Å². The molecule has 3 atom stereocenters. The van der Waals surface area contributed by atoms with Gasteiger partial charge in [-0.3, -0.25) is 19.1 Å². The summed E-state index contributed by atoms with van der Waals surface area (Å²) in [5.74, 6) is -1.05. The number of ketones is 1. The van der Waals surface area contributed by atoms with Gasteiger partial charge in [-0.05, 0) is 74.6 Å². The Morgan fingerprint density at radius 1 is 1.22 bits per heavy atom. The quantitative estimate of drug-likeness (QED) is 0.194. The Morgan fingerprint density at radius 3 is 2.65 bits per heavy atom. The van der Waals surface area contributed by atoms with Crippen molar-refractivity contribution < 1.29 is 37.8 Å². The number of nitrogens with one attached hydrogen (secondary N) is 3. The number of ether oxygens (including phenoxy) is 1. The molecule has 1 aliphatic carbocycles. The van der Waals surface area contributed by atoms with E-state index in [1.54, 1.807) is 18.2 Å². The molecule has 3 unspecified atom stereocenters. The summed E-state index contributed by atoms with van der Waals surface area (Å²) in [6, 6.07) is 10.00. The molecule has 0 saturated carbocycles. The third-order valence-electron chi connectivity index (χ3n) is 9.66. The molecule has 3 aliphatic rings. The molecule has 51 heavy (non-hydrogen) atoms. The number of carbonyl (C=O) groups is 3. The lowest BCUT2D eigenvalue weighted by molar-refractivity contribution is -0.128. The highest BCUT2D eigenvalue weighted by molar-refractivity contribution is 7.90. The van der Waals surface area contributed by atoms with Gasteiger partial charge in [0, 0.05) is 56.3 Å². The van der Waals surface area contributed by atoms with Crippen LogP contribution in [0.5, 0.6) is 5.75 Å². The van der Waals surface area contributed by atoms with Crippen LogP contribution in [0.1, 0.15) is 51.2 Å². The number of amides is 2. The summed E-state index contributed by atoms with van der Waals surface area (Å²) < 4.78 is 33.9. The lowest BCUT2D eigenvalue weighted by Crippen LogP contribution is -2.48. The second kappa shape index (κ2) is 15.0. The van der Waals surface area contributed by atoms with Crippen LogP contribution in [0.2, 0.25) is 0 Å².